The number of aliphatic hydroxyl groups is 1. The minimum absolute atomic E-state index is 0.00829. The number of halogens is 3. The first-order valence-corrected chi connectivity index (χ1v) is 9.83. The Kier molecular flexibility index (Phi) is 5.53. The molecule has 0 unspecified atom stereocenters. The van der Waals surface area contributed by atoms with Gasteiger partial charge in [-0.05, 0) is 24.6 Å². The Hall–Kier alpha value is -2.84. The number of anilines is 1. The van der Waals surface area contributed by atoms with Gasteiger partial charge in [0.25, 0.3) is 0 Å². The number of amides is 1. The zero-order valence-electron chi connectivity index (χ0n) is 16.0. The molecule has 0 radical (unpaired) electrons. The molecule has 9 heteroatoms. The van der Waals surface area contributed by atoms with Crippen LogP contribution in [0.1, 0.15) is 12.0 Å². The van der Waals surface area contributed by atoms with Crippen LogP contribution < -0.4 is 4.90 Å². The average Bonchev–Trinajstić information content (AvgIpc) is 2.75. The van der Waals surface area contributed by atoms with Gasteiger partial charge in [0.1, 0.15) is 23.5 Å². The molecule has 1 aliphatic carbocycles. The summed E-state index contributed by atoms with van der Waals surface area (Å²) in [5.74, 6) is -1.19. The van der Waals surface area contributed by atoms with E-state index in [1.165, 1.54) is 30.6 Å². The molecule has 1 aromatic carbocycles. The maximum Gasteiger partial charge on any atom is 0.246 e. The minimum Gasteiger partial charge on any atom is -0.388 e. The fourth-order valence-electron chi connectivity index (χ4n) is 3.84. The van der Waals surface area contributed by atoms with Crippen molar-refractivity contribution >= 4 is 39.8 Å². The number of aromatic nitrogens is 2. The van der Waals surface area contributed by atoms with Crippen LogP contribution in [0.25, 0.3) is 16.5 Å². The summed E-state index contributed by atoms with van der Waals surface area (Å²) in [5, 5.41) is 10.6. The van der Waals surface area contributed by atoms with Crippen molar-refractivity contribution in [1.29, 1.82) is 0 Å². The maximum atomic E-state index is 15.4. The molecule has 2 aliphatic rings. The molecule has 0 spiro atoms. The van der Waals surface area contributed by atoms with Crippen molar-refractivity contribution in [2.24, 2.45) is 0 Å². The molecule has 0 bridgehead atoms. The Balaban J connectivity index is 1.76. The molecule has 1 fully saturated rings. The normalized spacial score (nSPS) is 19.5. The van der Waals surface area contributed by atoms with Crippen LogP contribution in [0.15, 0.2) is 43.0 Å². The van der Waals surface area contributed by atoms with Crippen molar-refractivity contribution in [3.8, 4) is 0 Å². The first kappa shape index (κ1) is 20.4. The molecule has 1 amide bonds. The van der Waals surface area contributed by atoms with Crippen molar-refractivity contribution in [2.75, 3.05) is 31.1 Å². The SMILES string of the molecule is C=CC(=O)N1CCN(c2ncnc3c(F)c(C4=C(F)C=CC[C@H]4O)c(Cl)cc23)CC1. The van der Waals surface area contributed by atoms with Gasteiger partial charge in [-0.3, -0.25) is 4.79 Å². The Morgan fingerprint density at radius 3 is 2.67 bits per heavy atom. The number of hydrogen-bond donors (Lipinski definition) is 1. The van der Waals surface area contributed by atoms with E-state index < -0.39 is 17.7 Å². The minimum atomic E-state index is -1.20. The molecule has 1 saturated heterocycles. The van der Waals surface area contributed by atoms with E-state index in [2.05, 4.69) is 16.5 Å². The van der Waals surface area contributed by atoms with Crippen LogP contribution in [-0.4, -0.2) is 58.2 Å². The summed E-state index contributed by atoms with van der Waals surface area (Å²) in [6.07, 6.45) is 4.15. The zero-order chi connectivity index (χ0) is 21.4. The van der Waals surface area contributed by atoms with E-state index in [4.69, 9.17) is 11.6 Å². The van der Waals surface area contributed by atoms with Crippen molar-refractivity contribution in [3.05, 3.63) is 59.4 Å². The summed E-state index contributed by atoms with van der Waals surface area (Å²) in [6.45, 7) is 5.44. The van der Waals surface area contributed by atoms with Crippen molar-refractivity contribution in [3.63, 3.8) is 0 Å². The number of aliphatic hydroxyl groups excluding tert-OH is 1. The Morgan fingerprint density at radius 2 is 2.00 bits per heavy atom. The molecular weight excluding hydrogens is 414 g/mol. The fraction of sp³-hybridized carbons (Fsp3) is 0.286. The van der Waals surface area contributed by atoms with Gasteiger partial charge in [-0.25, -0.2) is 18.7 Å². The zero-order valence-corrected chi connectivity index (χ0v) is 16.7. The smallest absolute Gasteiger partial charge is 0.246 e. The Bertz CT molecular complexity index is 1090. The van der Waals surface area contributed by atoms with Crippen molar-refractivity contribution in [2.45, 2.75) is 12.5 Å². The Morgan fingerprint density at radius 1 is 1.27 bits per heavy atom. The average molecular weight is 433 g/mol. The van der Waals surface area contributed by atoms with E-state index in [9.17, 15) is 14.3 Å². The van der Waals surface area contributed by atoms with Crippen LogP contribution in [0, 0.1) is 5.82 Å². The van der Waals surface area contributed by atoms with Crippen molar-refractivity contribution in [1.82, 2.24) is 14.9 Å². The molecule has 1 aliphatic heterocycles. The highest BCUT2D eigenvalue weighted by Gasteiger charge is 2.28. The van der Waals surface area contributed by atoms with E-state index in [-0.39, 0.29) is 34.0 Å². The lowest BCUT2D eigenvalue weighted by atomic mass is 9.92. The third-order valence-corrected chi connectivity index (χ3v) is 5.65. The van der Waals surface area contributed by atoms with Gasteiger partial charge in [0, 0.05) is 42.7 Å². The van der Waals surface area contributed by atoms with Crippen LogP contribution in [0.3, 0.4) is 0 Å². The molecule has 1 N–H and O–H groups in total. The highest BCUT2D eigenvalue weighted by Crippen LogP contribution is 2.39. The van der Waals surface area contributed by atoms with Gasteiger partial charge in [0.15, 0.2) is 5.82 Å². The van der Waals surface area contributed by atoms with E-state index >= 15 is 4.39 Å². The standard InChI is InChI=1S/C21H19ClF2N4O2/c1-2-16(30)27-6-8-28(9-7-27)21-12-10-13(22)17(19(24)20(12)25-11-26-21)18-14(23)4-3-5-15(18)29/h2-4,10-11,15,29H,1,5-9H2/t15-/m1/s1. The van der Waals surface area contributed by atoms with E-state index in [0.717, 1.165) is 0 Å². The number of nitrogens with zero attached hydrogens (tertiary/aromatic N) is 4. The summed E-state index contributed by atoms with van der Waals surface area (Å²) < 4.78 is 29.8. The van der Waals surface area contributed by atoms with Gasteiger partial charge in [0.2, 0.25) is 5.91 Å². The van der Waals surface area contributed by atoms with Crippen LogP contribution >= 0.6 is 11.6 Å². The molecule has 1 atom stereocenters. The lowest BCUT2D eigenvalue weighted by Gasteiger charge is -2.35. The number of rotatable bonds is 3. The lowest BCUT2D eigenvalue weighted by molar-refractivity contribution is -0.126. The summed E-state index contributed by atoms with van der Waals surface area (Å²) in [4.78, 5) is 23.7. The monoisotopic (exact) mass is 432 g/mol. The van der Waals surface area contributed by atoms with E-state index in [0.29, 0.717) is 37.4 Å². The third-order valence-electron chi connectivity index (χ3n) is 5.35. The highest BCUT2D eigenvalue weighted by molar-refractivity contribution is 6.33. The second-order valence-electron chi connectivity index (χ2n) is 7.07. The van der Waals surface area contributed by atoms with Gasteiger partial charge in [0.05, 0.1) is 11.1 Å². The second-order valence-corrected chi connectivity index (χ2v) is 7.48. The van der Waals surface area contributed by atoms with Gasteiger partial charge >= 0.3 is 0 Å². The quantitative estimate of drug-likeness (QED) is 0.754. The summed E-state index contributed by atoms with van der Waals surface area (Å²) in [5.41, 5.74) is -0.380. The van der Waals surface area contributed by atoms with Crippen LogP contribution in [0.5, 0.6) is 0 Å². The number of allylic oxidation sites excluding steroid dienone is 2. The first-order chi connectivity index (χ1) is 14.4. The second kappa shape index (κ2) is 8.12. The first-order valence-electron chi connectivity index (χ1n) is 9.46. The number of fused-ring (bicyclic) bond motifs is 1. The van der Waals surface area contributed by atoms with Gasteiger partial charge in [-0.2, -0.15) is 0 Å². The topological polar surface area (TPSA) is 69.6 Å². The van der Waals surface area contributed by atoms with Crippen molar-refractivity contribution < 1.29 is 18.7 Å². The fourth-order valence-corrected chi connectivity index (χ4v) is 4.13. The molecule has 0 saturated carbocycles. The van der Waals surface area contributed by atoms with E-state index in [1.54, 1.807) is 4.90 Å². The highest BCUT2D eigenvalue weighted by atomic mass is 35.5. The number of carbonyl (C=O) groups is 1. The largest absolute Gasteiger partial charge is 0.388 e. The molecule has 30 heavy (non-hydrogen) atoms. The van der Waals surface area contributed by atoms with Crippen LogP contribution in [0.2, 0.25) is 5.02 Å². The number of benzene rings is 1. The molecule has 2 aromatic rings. The lowest BCUT2D eigenvalue weighted by Crippen LogP contribution is -2.48. The predicted octanol–water partition coefficient (Wildman–Crippen LogP) is 3.26. The molecule has 1 aromatic heterocycles. The third kappa shape index (κ3) is 3.46. The summed E-state index contributed by atoms with van der Waals surface area (Å²) in [7, 11) is 0. The van der Waals surface area contributed by atoms with E-state index in [1.807, 2.05) is 4.90 Å². The summed E-state index contributed by atoms with van der Waals surface area (Å²) >= 11 is 6.35. The maximum absolute atomic E-state index is 15.4. The molecule has 4 rings (SSSR count). The Labute approximate surface area is 176 Å². The molecule has 2 heterocycles. The molecular formula is C21H19ClF2N4O2. The predicted molar refractivity (Wildman–Crippen MR) is 111 cm³/mol. The van der Waals surface area contributed by atoms with Gasteiger partial charge < -0.3 is 14.9 Å². The summed E-state index contributed by atoms with van der Waals surface area (Å²) in [6, 6.07) is 1.50. The van der Waals surface area contributed by atoms with Crippen LogP contribution in [-0.2, 0) is 4.79 Å². The number of carbonyl (C=O) groups excluding carboxylic acids is 1. The number of hydrogen-bond acceptors (Lipinski definition) is 5. The number of piperazine rings is 1. The molecule has 156 valence electrons. The molecule has 6 nitrogen and oxygen atoms in total. The van der Waals surface area contributed by atoms with Gasteiger partial charge in [-0.1, -0.05) is 24.3 Å². The van der Waals surface area contributed by atoms with Crippen LogP contribution in [0.4, 0.5) is 14.6 Å². The van der Waals surface area contributed by atoms with Gasteiger partial charge in [-0.15, -0.1) is 0 Å².